The van der Waals surface area contributed by atoms with Gasteiger partial charge in [-0.1, -0.05) is 6.07 Å². The zero-order valence-electron chi connectivity index (χ0n) is 18.5. The van der Waals surface area contributed by atoms with Crippen molar-refractivity contribution in [3.05, 3.63) is 53.3 Å². The minimum Gasteiger partial charge on any atom is -0.454 e. The fourth-order valence-electron chi connectivity index (χ4n) is 4.12. The van der Waals surface area contributed by atoms with Crippen LogP contribution < -0.4 is 19.5 Å². The van der Waals surface area contributed by atoms with Gasteiger partial charge in [0.1, 0.15) is 5.82 Å². The Labute approximate surface area is 192 Å². The number of benzene rings is 2. The summed E-state index contributed by atoms with van der Waals surface area (Å²) in [6.07, 6.45) is 1.31. The van der Waals surface area contributed by atoms with Crippen LogP contribution in [-0.2, 0) is 20.2 Å². The van der Waals surface area contributed by atoms with Gasteiger partial charge in [-0.15, -0.1) is 0 Å². The van der Waals surface area contributed by atoms with Crippen LogP contribution in [-0.4, -0.2) is 46.9 Å². The van der Waals surface area contributed by atoms with Crippen LogP contribution in [0.4, 0.5) is 4.39 Å². The lowest BCUT2D eigenvalue weighted by atomic mass is 9.74. The minimum absolute atomic E-state index is 0.163. The van der Waals surface area contributed by atoms with Gasteiger partial charge in [-0.25, -0.2) is 17.5 Å². The fourth-order valence-corrected chi connectivity index (χ4v) is 5.40. The number of halogens is 1. The predicted octanol–water partition coefficient (Wildman–Crippen LogP) is 2.72. The van der Waals surface area contributed by atoms with Crippen molar-refractivity contribution in [2.24, 2.45) is 0 Å². The van der Waals surface area contributed by atoms with Crippen molar-refractivity contribution >= 4 is 15.9 Å². The molecule has 1 fully saturated rings. The van der Waals surface area contributed by atoms with Crippen molar-refractivity contribution in [1.82, 2.24) is 10.0 Å². The first-order chi connectivity index (χ1) is 15.7. The second kappa shape index (κ2) is 9.28. The third-order valence-corrected chi connectivity index (χ3v) is 7.56. The van der Waals surface area contributed by atoms with Crippen LogP contribution in [0.15, 0.2) is 41.3 Å². The summed E-state index contributed by atoms with van der Waals surface area (Å²) in [5, 5.41) is 2.81. The van der Waals surface area contributed by atoms with Crippen LogP contribution in [0.3, 0.4) is 0 Å². The third-order valence-electron chi connectivity index (χ3n) is 5.91. The van der Waals surface area contributed by atoms with Gasteiger partial charge >= 0.3 is 0 Å². The van der Waals surface area contributed by atoms with Gasteiger partial charge < -0.3 is 19.5 Å². The molecule has 178 valence electrons. The van der Waals surface area contributed by atoms with E-state index >= 15 is 0 Å². The number of rotatable bonds is 7. The average Bonchev–Trinajstić information content (AvgIpc) is 3.25. The number of hydrogen-bond donors (Lipinski definition) is 2. The molecule has 2 aromatic rings. The molecular formula is C23H27FN2O6S. The highest BCUT2D eigenvalue weighted by atomic mass is 32.2. The molecule has 2 aromatic carbocycles. The summed E-state index contributed by atoms with van der Waals surface area (Å²) in [7, 11) is -3.87. The first-order valence-corrected chi connectivity index (χ1v) is 12.3. The van der Waals surface area contributed by atoms with Crippen LogP contribution in [0.2, 0.25) is 0 Å². The lowest BCUT2D eigenvalue weighted by Gasteiger charge is -2.38. The second-order valence-corrected chi connectivity index (χ2v) is 10.3. The molecular weight excluding hydrogens is 451 g/mol. The molecule has 8 nitrogen and oxygen atoms in total. The Kier molecular flexibility index (Phi) is 6.60. The number of carbonyl (C=O) groups is 1. The monoisotopic (exact) mass is 478 g/mol. The number of fused-ring (bicyclic) bond motifs is 1. The summed E-state index contributed by atoms with van der Waals surface area (Å²) in [5.74, 6) is -0.160. The van der Waals surface area contributed by atoms with Crippen molar-refractivity contribution in [1.29, 1.82) is 0 Å². The van der Waals surface area contributed by atoms with E-state index in [1.165, 1.54) is 0 Å². The van der Waals surface area contributed by atoms with Gasteiger partial charge in [-0.3, -0.25) is 4.79 Å². The standard InChI is InChI=1S/C23H27FN2O6S/c1-15(2)26-33(28,29)17-4-5-19(24)18(12-17)22(27)25-13-23(7-9-30-10-8-23)16-3-6-20-21(11-16)32-14-31-20/h3-6,11-12,15,26H,7-10,13-14H2,1-2H3,(H,25,27). The maximum absolute atomic E-state index is 14.5. The summed E-state index contributed by atoms with van der Waals surface area (Å²) in [6.45, 7) is 4.79. The molecule has 0 saturated carbocycles. The van der Waals surface area contributed by atoms with Gasteiger partial charge in [0.05, 0.1) is 10.5 Å². The van der Waals surface area contributed by atoms with E-state index in [9.17, 15) is 17.6 Å². The highest BCUT2D eigenvalue weighted by Gasteiger charge is 2.36. The number of amides is 1. The molecule has 0 aliphatic carbocycles. The normalized spacial score (nSPS) is 17.2. The van der Waals surface area contributed by atoms with Gasteiger partial charge in [-0.05, 0) is 62.6 Å². The van der Waals surface area contributed by atoms with E-state index in [-0.39, 0.29) is 29.8 Å². The topological polar surface area (TPSA) is 103 Å². The van der Waals surface area contributed by atoms with Crippen molar-refractivity contribution in [3.8, 4) is 11.5 Å². The maximum Gasteiger partial charge on any atom is 0.254 e. The summed E-state index contributed by atoms with van der Waals surface area (Å²) >= 11 is 0. The number of sulfonamides is 1. The molecule has 2 heterocycles. The molecule has 1 amide bonds. The first kappa shape index (κ1) is 23.5. The summed E-state index contributed by atoms with van der Waals surface area (Å²) in [4.78, 5) is 12.8. The van der Waals surface area contributed by atoms with E-state index in [4.69, 9.17) is 14.2 Å². The van der Waals surface area contributed by atoms with E-state index < -0.39 is 27.2 Å². The maximum atomic E-state index is 14.5. The van der Waals surface area contributed by atoms with E-state index in [2.05, 4.69) is 10.0 Å². The molecule has 0 aromatic heterocycles. The molecule has 2 aliphatic heterocycles. The zero-order valence-corrected chi connectivity index (χ0v) is 19.3. The number of ether oxygens (including phenoxy) is 3. The van der Waals surface area contributed by atoms with E-state index in [1.54, 1.807) is 13.8 Å². The van der Waals surface area contributed by atoms with E-state index in [0.29, 0.717) is 37.6 Å². The largest absolute Gasteiger partial charge is 0.454 e. The Morgan fingerprint density at radius 1 is 1.09 bits per heavy atom. The summed E-state index contributed by atoms with van der Waals surface area (Å²) in [6, 6.07) is 8.54. The van der Waals surface area contributed by atoms with Crippen molar-refractivity contribution in [3.63, 3.8) is 0 Å². The molecule has 0 spiro atoms. The predicted molar refractivity (Wildman–Crippen MR) is 118 cm³/mol. The van der Waals surface area contributed by atoms with Crippen LogP contribution in [0.1, 0.15) is 42.6 Å². The van der Waals surface area contributed by atoms with Gasteiger partial charge in [0.2, 0.25) is 16.8 Å². The summed E-state index contributed by atoms with van der Waals surface area (Å²) < 4.78 is 58.3. The van der Waals surface area contributed by atoms with Crippen molar-refractivity contribution in [2.75, 3.05) is 26.6 Å². The lowest BCUT2D eigenvalue weighted by molar-refractivity contribution is 0.0486. The molecule has 0 atom stereocenters. The molecule has 0 unspecified atom stereocenters. The fraction of sp³-hybridized carbons (Fsp3) is 0.435. The summed E-state index contributed by atoms with van der Waals surface area (Å²) in [5.41, 5.74) is 0.205. The molecule has 1 saturated heterocycles. The van der Waals surface area contributed by atoms with Crippen LogP contribution in [0.5, 0.6) is 11.5 Å². The van der Waals surface area contributed by atoms with E-state index in [1.807, 2.05) is 18.2 Å². The van der Waals surface area contributed by atoms with Crippen LogP contribution in [0, 0.1) is 5.82 Å². The molecule has 0 radical (unpaired) electrons. The Morgan fingerprint density at radius 3 is 2.55 bits per heavy atom. The lowest BCUT2D eigenvalue weighted by Crippen LogP contribution is -2.44. The van der Waals surface area contributed by atoms with Gasteiger partial charge in [0, 0.05) is 31.2 Å². The SMILES string of the molecule is CC(C)NS(=O)(=O)c1ccc(F)c(C(=O)NCC2(c3ccc4c(c3)OCO4)CCOCC2)c1. The third kappa shape index (κ3) is 4.97. The molecule has 2 N–H and O–H groups in total. The van der Waals surface area contributed by atoms with Crippen molar-refractivity contribution in [2.45, 2.75) is 43.0 Å². The second-order valence-electron chi connectivity index (χ2n) is 8.56. The first-order valence-electron chi connectivity index (χ1n) is 10.8. The molecule has 33 heavy (non-hydrogen) atoms. The average molecular weight is 479 g/mol. The smallest absolute Gasteiger partial charge is 0.254 e. The molecule has 0 bridgehead atoms. The minimum atomic E-state index is -3.87. The Bertz CT molecular complexity index is 1150. The van der Waals surface area contributed by atoms with Gasteiger partial charge in [-0.2, -0.15) is 0 Å². The Balaban J connectivity index is 1.57. The van der Waals surface area contributed by atoms with Crippen LogP contribution >= 0.6 is 0 Å². The quantitative estimate of drug-likeness (QED) is 0.634. The Morgan fingerprint density at radius 2 is 1.82 bits per heavy atom. The number of nitrogens with one attached hydrogen (secondary N) is 2. The zero-order chi connectivity index (χ0) is 23.6. The molecule has 4 rings (SSSR count). The number of carbonyl (C=O) groups excluding carboxylic acids is 1. The van der Waals surface area contributed by atoms with Crippen molar-refractivity contribution < 1.29 is 31.8 Å². The highest BCUT2D eigenvalue weighted by molar-refractivity contribution is 7.89. The number of hydrogen-bond acceptors (Lipinski definition) is 6. The highest BCUT2D eigenvalue weighted by Crippen LogP contribution is 2.40. The van der Waals surface area contributed by atoms with E-state index in [0.717, 1.165) is 23.8 Å². The molecule has 2 aliphatic rings. The van der Waals surface area contributed by atoms with Crippen LogP contribution in [0.25, 0.3) is 0 Å². The van der Waals surface area contributed by atoms with Gasteiger partial charge in [0.15, 0.2) is 11.5 Å². The molecule has 10 heteroatoms. The van der Waals surface area contributed by atoms with Gasteiger partial charge in [0.25, 0.3) is 5.91 Å². The Hall–Kier alpha value is -2.69.